The molecule has 32 valence electrons. The third-order valence-electron chi connectivity index (χ3n) is 0. The van der Waals surface area contributed by atoms with E-state index in [1.54, 1.807) is 0 Å². The quantitative estimate of drug-likeness (QED) is 0.266. The summed E-state index contributed by atoms with van der Waals surface area (Å²) in [5.41, 5.74) is 0. The summed E-state index contributed by atoms with van der Waals surface area (Å²) in [6.45, 7) is 0. The van der Waals surface area contributed by atoms with Crippen LogP contribution in [0.4, 0.5) is 0 Å². The zero-order chi connectivity index (χ0) is 4.50. The third kappa shape index (κ3) is 145. The first-order valence-corrected chi connectivity index (χ1v) is 2.62. The van der Waals surface area contributed by atoms with E-state index in [0.717, 1.165) is 0 Å². The molecule has 0 amide bonds. The summed E-state index contributed by atoms with van der Waals surface area (Å²) in [5.74, 6) is 0. The van der Waals surface area contributed by atoms with Gasteiger partial charge in [-0.1, -0.05) is 0 Å². The van der Waals surface area contributed by atoms with Crippen LogP contribution in [0.2, 0.25) is 0 Å². The zero-order valence-electron chi connectivity index (χ0n) is 3.25. The van der Waals surface area contributed by atoms with Crippen molar-refractivity contribution in [3.63, 3.8) is 0 Å². The summed E-state index contributed by atoms with van der Waals surface area (Å²) in [6, 6.07) is 0. The fraction of sp³-hybridized carbons (Fsp3) is 0. The molecule has 0 aliphatic rings. The van der Waals surface area contributed by atoms with E-state index in [1.807, 2.05) is 0 Å². The van der Waals surface area contributed by atoms with Crippen LogP contribution in [0.1, 0.15) is 0 Å². The summed E-state index contributed by atoms with van der Waals surface area (Å²) in [6.07, 6.45) is 0. The molecule has 0 fully saturated rings. The second-order valence-electron chi connectivity index (χ2n) is 0.574. The van der Waals surface area contributed by atoms with Crippen molar-refractivity contribution in [3.8, 4) is 0 Å². The Kier molecular flexibility index (Phi) is 4.53. The molecule has 6 heteroatoms. The third-order valence-corrected chi connectivity index (χ3v) is 0. The van der Waals surface area contributed by atoms with E-state index in [2.05, 4.69) is 0 Å². The van der Waals surface area contributed by atoms with Gasteiger partial charge in [0.1, 0.15) is 0 Å². The Morgan fingerprint density at radius 2 is 1.17 bits per heavy atom. The summed E-state index contributed by atoms with van der Waals surface area (Å²) in [7, 11) is -4.86. The Hall–Kier alpha value is 0.654. The van der Waals surface area contributed by atoms with Crippen molar-refractivity contribution >= 4 is 9.05 Å². The summed E-state index contributed by atoms with van der Waals surface area (Å²) in [5, 5.41) is 0. The van der Waals surface area contributed by atoms with Gasteiger partial charge in [0.25, 0.3) is 0 Å². The van der Waals surface area contributed by atoms with Gasteiger partial charge in [0, 0.05) is 0 Å². The van der Waals surface area contributed by atoms with E-state index < -0.39 is 9.05 Å². The molecule has 0 saturated carbocycles. The van der Waals surface area contributed by atoms with Crippen molar-refractivity contribution in [1.29, 1.82) is 0 Å². The minimum absolute atomic E-state index is 0. The standard InChI is InChI=1S/Li.H3O4Si/c;1-5(2,3)4/h;1-3H/q+1;-1. The van der Waals surface area contributed by atoms with Crippen molar-refractivity contribution < 1.29 is 38.0 Å². The zero-order valence-corrected chi connectivity index (χ0v) is 4.25. The second-order valence-corrected chi connectivity index (χ2v) is 1.72. The molecule has 6 heavy (non-hydrogen) atoms. The van der Waals surface area contributed by atoms with E-state index in [4.69, 9.17) is 19.2 Å². The van der Waals surface area contributed by atoms with E-state index in [9.17, 15) is 0 Å². The molecule has 0 aromatic heterocycles. The van der Waals surface area contributed by atoms with Gasteiger partial charge in [0.05, 0.1) is 0 Å². The van der Waals surface area contributed by atoms with Crippen LogP contribution in [0.25, 0.3) is 0 Å². The van der Waals surface area contributed by atoms with Crippen molar-refractivity contribution in [1.82, 2.24) is 0 Å². The van der Waals surface area contributed by atoms with Gasteiger partial charge in [0.15, 0.2) is 0 Å². The van der Waals surface area contributed by atoms with Gasteiger partial charge in [-0.2, -0.15) is 0 Å². The number of hydrogen-bond acceptors (Lipinski definition) is 4. The minimum atomic E-state index is -4.86. The normalized spacial score (nSPS) is 10.0. The topological polar surface area (TPSA) is 83.8 Å². The smallest absolute Gasteiger partial charge is 0.794 e. The van der Waals surface area contributed by atoms with Gasteiger partial charge in [-0.15, -0.1) is 0 Å². The Bertz CT molecular complexity index is 23.0. The molecule has 0 saturated heterocycles. The maximum Gasteiger partial charge on any atom is 1.00 e. The molecule has 0 aromatic rings. The Morgan fingerprint density at radius 3 is 1.17 bits per heavy atom. The van der Waals surface area contributed by atoms with Gasteiger partial charge in [-0.25, -0.2) is 0 Å². The molecule has 0 aromatic carbocycles. The first-order chi connectivity index (χ1) is 2.00. The molecule has 0 bridgehead atoms. The van der Waals surface area contributed by atoms with E-state index in [1.165, 1.54) is 0 Å². The van der Waals surface area contributed by atoms with Crippen LogP contribution in [0.15, 0.2) is 0 Å². The summed E-state index contributed by atoms with van der Waals surface area (Å²) >= 11 is 0. The van der Waals surface area contributed by atoms with Crippen LogP contribution in [-0.4, -0.2) is 23.4 Å². The predicted molar refractivity (Wildman–Crippen MR) is 12.4 cm³/mol. The summed E-state index contributed by atoms with van der Waals surface area (Å²) < 4.78 is 0. The maximum atomic E-state index is 8.91. The van der Waals surface area contributed by atoms with Crippen LogP contribution >= 0.6 is 0 Å². The van der Waals surface area contributed by atoms with Crippen LogP contribution in [0.5, 0.6) is 0 Å². The molecule has 0 unspecified atom stereocenters. The summed E-state index contributed by atoms with van der Waals surface area (Å²) in [4.78, 5) is 30.6. The van der Waals surface area contributed by atoms with Crippen LogP contribution < -0.4 is 23.7 Å². The minimum Gasteiger partial charge on any atom is -0.794 e. The number of hydrogen-bond donors (Lipinski definition) is 3. The molecule has 0 radical (unpaired) electrons. The molecular formula is H3LiO4Si. The van der Waals surface area contributed by atoms with Gasteiger partial charge in [-0.05, 0) is 0 Å². The second kappa shape index (κ2) is 2.77. The predicted octanol–water partition coefficient (Wildman–Crippen LogP) is -6.24. The van der Waals surface area contributed by atoms with Crippen molar-refractivity contribution in [3.05, 3.63) is 0 Å². The van der Waals surface area contributed by atoms with E-state index in [0.29, 0.717) is 0 Å². The average molecular weight is 102 g/mol. The van der Waals surface area contributed by atoms with Gasteiger partial charge in [0.2, 0.25) is 0 Å². The molecule has 3 N–H and O–H groups in total. The molecule has 0 aliphatic carbocycles. The van der Waals surface area contributed by atoms with Crippen LogP contribution in [0, 0.1) is 0 Å². The van der Waals surface area contributed by atoms with Gasteiger partial charge in [-0.3, -0.25) is 0 Å². The fourth-order valence-corrected chi connectivity index (χ4v) is 0. The Morgan fingerprint density at radius 1 is 1.17 bits per heavy atom. The monoisotopic (exact) mass is 102 g/mol. The molecule has 0 heterocycles. The van der Waals surface area contributed by atoms with Crippen molar-refractivity contribution in [2.24, 2.45) is 0 Å². The van der Waals surface area contributed by atoms with Gasteiger partial charge >= 0.3 is 27.9 Å². The average Bonchev–Trinajstić information content (AvgIpc) is 0.722. The van der Waals surface area contributed by atoms with E-state index in [-0.39, 0.29) is 18.9 Å². The van der Waals surface area contributed by atoms with Crippen molar-refractivity contribution in [2.45, 2.75) is 0 Å². The Balaban J connectivity index is 0. The molecule has 0 spiro atoms. The first-order valence-electron chi connectivity index (χ1n) is 0.875. The molecule has 0 atom stereocenters. The van der Waals surface area contributed by atoms with Crippen LogP contribution in [-0.2, 0) is 0 Å². The Labute approximate surface area is 47.7 Å². The largest absolute Gasteiger partial charge is 1.00 e. The van der Waals surface area contributed by atoms with Gasteiger partial charge < -0.3 is 19.2 Å². The molecule has 0 rings (SSSR count). The number of rotatable bonds is 0. The molecule has 4 nitrogen and oxygen atoms in total. The molecular weight excluding hydrogens is 99.0 g/mol. The SMILES string of the molecule is [Li+].[O-][Si](O)(O)O. The van der Waals surface area contributed by atoms with E-state index >= 15 is 0 Å². The maximum absolute atomic E-state index is 8.91. The fourth-order valence-electron chi connectivity index (χ4n) is 0. The first kappa shape index (κ1) is 9.82. The van der Waals surface area contributed by atoms with Crippen molar-refractivity contribution in [2.75, 3.05) is 0 Å². The molecule has 0 aliphatic heterocycles. The van der Waals surface area contributed by atoms with Crippen LogP contribution in [0.3, 0.4) is 0 Å².